The van der Waals surface area contributed by atoms with Crippen LogP contribution in [0.5, 0.6) is 0 Å². The van der Waals surface area contributed by atoms with Crippen LogP contribution in [0, 0.1) is 6.92 Å². The van der Waals surface area contributed by atoms with E-state index in [2.05, 4.69) is 35.4 Å². The van der Waals surface area contributed by atoms with Crippen LogP contribution in [0.15, 0.2) is 42.5 Å². The van der Waals surface area contributed by atoms with E-state index < -0.39 is 0 Å². The molecule has 0 spiro atoms. The van der Waals surface area contributed by atoms with Gasteiger partial charge in [0, 0.05) is 0 Å². The summed E-state index contributed by atoms with van der Waals surface area (Å²) in [6.07, 6.45) is 0. The maximum Gasteiger partial charge on any atom is 0.188 e. The molecule has 3 aromatic rings. The van der Waals surface area contributed by atoms with E-state index in [9.17, 15) is 0 Å². The third-order valence-corrected chi connectivity index (χ3v) is 4.00. The second kappa shape index (κ2) is 4.59. The minimum Gasteiger partial charge on any atom is -0.330 e. The summed E-state index contributed by atoms with van der Waals surface area (Å²) in [5, 5.41) is 4.83. The maximum atomic E-state index is 6.12. The summed E-state index contributed by atoms with van der Waals surface area (Å²) < 4.78 is 1.18. The molecule has 0 atom stereocenters. The van der Waals surface area contributed by atoms with Crippen molar-refractivity contribution in [3.05, 3.63) is 53.1 Å². The second-order valence-electron chi connectivity index (χ2n) is 4.05. The molecular formula is C14H11ClN2S. The Hall–Kier alpha value is -1.58. The number of fused-ring (bicyclic) bond motifs is 1. The predicted octanol–water partition coefficient (Wildman–Crippen LogP) is 5.00. The van der Waals surface area contributed by atoms with Gasteiger partial charge in [0.25, 0.3) is 0 Å². The van der Waals surface area contributed by atoms with Gasteiger partial charge in [0.15, 0.2) is 5.13 Å². The van der Waals surface area contributed by atoms with Gasteiger partial charge in [0.2, 0.25) is 0 Å². The number of hydrogen-bond acceptors (Lipinski definition) is 3. The third kappa shape index (κ3) is 2.07. The summed E-state index contributed by atoms with van der Waals surface area (Å²) in [5.41, 5.74) is 3.13. The topological polar surface area (TPSA) is 24.9 Å². The van der Waals surface area contributed by atoms with Crippen LogP contribution < -0.4 is 5.32 Å². The van der Waals surface area contributed by atoms with Crippen molar-refractivity contribution in [1.29, 1.82) is 0 Å². The van der Waals surface area contributed by atoms with Gasteiger partial charge in [-0.15, -0.1) is 0 Å². The first-order valence-electron chi connectivity index (χ1n) is 5.62. The summed E-state index contributed by atoms with van der Waals surface area (Å²) in [5.74, 6) is 0. The molecule has 0 unspecified atom stereocenters. The highest BCUT2D eigenvalue weighted by Gasteiger charge is 2.07. The normalized spacial score (nSPS) is 10.8. The average Bonchev–Trinajstić information content (AvgIpc) is 2.76. The number of aryl methyl sites for hydroxylation is 1. The Bertz CT molecular complexity index is 706. The molecule has 0 radical (unpaired) electrons. The fourth-order valence-electron chi connectivity index (χ4n) is 1.82. The van der Waals surface area contributed by atoms with Crippen molar-refractivity contribution in [2.75, 3.05) is 5.32 Å². The molecular weight excluding hydrogens is 264 g/mol. The quantitative estimate of drug-likeness (QED) is 0.711. The highest BCUT2D eigenvalue weighted by molar-refractivity contribution is 7.22. The van der Waals surface area contributed by atoms with E-state index in [1.54, 1.807) is 11.3 Å². The second-order valence-corrected chi connectivity index (χ2v) is 5.48. The Morgan fingerprint density at radius 2 is 1.94 bits per heavy atom. The first-order chi connectivity index (χ1) is 8.74. The van der Waals surface area contributed by atoms with Gasteiger partial charge in [-0.3, -0.25) is 0 Å². The number of nitrogens with one attached hydrogen (secondary N) is 1. The Kier molecular flexibility index (Phi) is 2.94. The first-order valence-corrected chi connectivity index (χ1v) is 6.81. The minimum atomic E-state index is 0.702. The van der Waals surface area contributed by atoms with Gasteiger partial charge >= 0.3 is 0 Å². The zero-order chi connectivity index (χ0) is 12.5. The molecule has 0 aliphatic rings. The molecule has 2 aromatic carbocycles. The summed E-state index contributed by atoms with van der Waals surface area (Å²) in [7, 11) is 0. The van der Waals surface area contributed by atoms with Crippen LogP contribution in [0.3, 0.4) is 0 Å². The van der Waals surface area contributed by atoms with Crippen molar-refractivity contribution in [1.82, 2.24) is 4.98 Å². The van der Waals surface area contributed by atoms with Gasteiger partial charge in [0.05, 0.1) is 20.9 Å². The zero-order valence-electron chi connectivity index (χ0n) is 9.77. The van der Waals surface area contributed by atoms with Gasteiger partial charge in [-0.25, -0.2) is 4.98 Å². The molecule has 0 bridgehead atoms. The largest absolute Gasteiger partial charge is 0.330 e. The summed E-state index contributed by atoms with van der Waals surface area (Å²) in [6.45, 7) is 2.07. The van der Waals surface area contributed by atoms with E-state index in [0.29, 0.717) is 5.02 Å². The van der Waals surface area contributed by atoms with Gasteiger partial charge in [0.1, 0.15) is 0 Å². The zero-order valence-corrected chi connectivity index (χ0v) is 11.3. The molecule has 0 fully saturated rings. The first kappa shape index (κ1) is 11.5. The molecule has 90 valence electrons. The molecule has 1 aromatic heterocycles. The number of anilines is 2. The van der Waals surface area contributed by atoms with Crippen molar-refractivity contribution in [3.8, 4) is 0 Å². The Morgan fingerprint density at radius 1 is 1.11 bits per heavy atom. The van der Waals surface area contributed by atoms with Crippen LogP contribution in [0.2, 0.25) is 5.02 Å². The Labute approximate surface area is 114 Å². The molecule has 4 heteroatoms. The van der Waals surface area contributed by atoms with Crippen molar-refractivity contribution in [2.45, 2.75) is 6.92 Å². The number of aromatic nitrogens is 1. The standard InChI is InChI=1S/C14H11ClN2S/c1-9-5-4-8-12-13(9)17-14(18-12)16-11-7-3-2-6-10(11)15/h2-8H,1H3,(H,16,17). The Balaban J connectivity index is 2.01. The fraction of sp³-hybridized carbons (Fsp3) is 0.0714. The van der Waals surface area contributed by atoms with Crippen molar-refractivity contribution >= 4 is 44.0 Å². The summed E-state index contributed by atoms with van der Waals surface area (Å²) >= 11 is 7.75. The lowest BCUT2D eigenvalue weighted by Crippen LogP contribution is -1.89. The molecule has 0 saturated carbocycles. The number of para-hydroxylation sites is 2. The highest BCUT2D eigenvalue weighted by atomic mass is 35.5. The van der Waals surface area contributed by atoms with Gasteiger partial charge in [-0.05, 0) is 30.7 Å². The molecule has 0 aliphatic carbocycles. The highest BCUT2D eigenvalue weighted by Crippen LogP contribution is 2.31. The molecule has 18 heavy (non-hydrogen) atoms. The third-order valence-electron chi connectivity index (χ3n) is 2.74. The van der Waals surface area contributed by atoms with E-state index in [-0.39, 0.29) is 0 Å². The van der Waals surface area contributed by atoms with E-state index in [1.165, 1.54) is 10.3 Å². The lowest BCUT2D eigenvalue weighted by atomic mass is 10.2. The lowest BCUT2D eigenvalue weighted by Gasteiger charge is -2.03. The van der Waals surface area contributed by atoms with Crippen molar-refractivity contribution in [3.63, 3.8) is 0 Å². The molecule has 0 aliphatic heterocycles. The van der Waals surface area contributed by atoms with E-state index in [1.807, 2.05) is 24.3 Å². The van der Waals surface area contributed by atoms with Gasteiger partial charge in [-0.1, -0.05) is 47.2 Å². The molecule has 2 nitrogen and oxygen atoms in total. The lowest BCUT2D eigenvalue weighted by molar-refractivity contribution is 1.40. The van der Waals surface area contributed by atoms with Crippen LogP contribution in [0.25, 0.3) is 10.2 Å². The summed E-state index contributed by atoms with van der Waals surface area (Å²) in [4.78, 5) is 4.60. The number of thiazole rings is 1. The summed E-state index contributed by atoms with van der Waals surface area (Å²) in [6, 6.07) is 13.9. The molecule has 0 saturated heterocycles. The number of rotatable bonds is 2. The van der Waals surface area contributed by atoms with Gasteiger partial charge < -0.3 is 5.32 Å². The maximum absolute atomic E-state index is 6.12. The SMILES string of the molecule is Cc1cccc2sc(Nc3ccccc3Cl)nc12. The number of hydrogen-bond donors (Lipinski definition) is 1. The van der Waals surface area contributed by atoms with Crippen LogP contribution in [-0.4, -0.2) is 4.98 Å². The van der Waals surface area contributed by atoms with Crippen LogP contribution in [0.1, 0.15) is 5.56 Å². The number of benzene rings is 2. The van der Waals surface area contributed by atoms with E-state index in [0.717, 1.165) is 16.3 Å². The average molecular weight is 275 g/mol. The molecule has 3 rings (SSSR count). The monoisotopic (exact) mass is 274 g/mol. The van der Waals surface area contributed by atoms with Crippen molar-refractivity contribution < 1.29 is 0 Å². The van der Waals surface area contributed by atoms with Crippen LogP contribution in [-0.2, 0) is 0 Å². The number of nitrogens with zero attached hydrogens (tertiary/aromatic N) is 1. The molecule has 1 heterocycles. The fourth-order valence-corrected chi connectivity index (χ4v) is 2.96. The van der Waals surface area contributed by atoms with Crippen LogP contribution in [0.4, 0.5) is 10.8 Å². The smallest absolute Gasteiger partial charge is 0.188 e. The predicted molar refractivity (Wildman–Crippen MR) is 79.1 cm³/mol. The van der Waals surface area contributed by atoms with E-state index in [4.69, 9.17) is 11.6 Å². The minimum absolute atomic E-state index is 0.702. The van der Waals surface area contributed by atoms with Gasteiger partial charge in [-0.2, -0.15) is 0 Å². The number of halogens is 1. The van der Waals surface area contributed by atoms with Crippen LogP contribution >= 0.6 is 22.9 Å². The molecule has 1 N–H and O–H groups in total. The Morgan fingerprint density at radius 3 is 2.72 bits per heavy atom. The van der Waals surface area contributed by atoms with E-state index >= 15 is 0 Å². The molecule has 0 amide bonds. The van der Waals surface area contributed by atoms with Crippen molar-refractivity contribution in [2.24, 2.45) is 0 Å².